The van der Waals surface area contributed by atoms with E-state index in [2.05, 4.69) is 19.1 Å². The third-order valence-corrected chi connectivity index (χ3v) is 3.82. The molecule has 0 aliphatic heterocycles. The topological polar surface area (TPSA) is 13.1 Å². The summed E-state index contributed by atoms with van der Waals surface area (Å²) in [7, 11) is 0. The molecule has 1 heterocycles. The van der Waals surface area contributed by atoms with E-state index in [4.69, 9.17) is 4.42 Å². The summed E-state index contributed by atoms with van der Waals surface area (Å²) in [5.74, 6) is 0.252. The van der Waals surface area contributed by atoms with E-state index in [0.717, 1.165) is 23.8 Å². The second kappa shape index (κ2) is 5.49. The summed E-state index contributed by atoms with van der Waals surface area (Å²) in [5.41, 5.74) is 3.43. The molecule has 2 aromatic carbocycles. The maximum atomic E-state index is 12.9. The van der Waals surface area contributed by atoms with Crippen LogP contribution in [0.25, 0.3) is 11.0 Å². The summed E-state index contributed by atoms with van der Waals surface area (Å²) in [6, 6.07) is 15.1. The van der Waals surface area contributed by atoms with Gasteiger partial charge >= 0.3 is 0 Å². The highest BCUT2D eigenvalue weighted by atomic mass is 19.1. The van der Waals surface area contributed by atoms with E-state index in [1.807, 2.05) is 24.3 Å². The second-order valence-electron chi connectivity index (χ2n) is 5.28. The van der Waals surface area contributed by atoms with Crippen molar-refractivity contribution < 1.29 is 8.81 Å². The van der Waals surface area contributed by atoms with E-state index in [0.29, 0.717) is 5.92 Å². The van der Waals surface area contributed by atoms with Gasteiger partial charge in [-0.2, -0.15) is 0 Å². The Kier molecular flexibility index (Phi) is 3.55. The summed E-state index contributed by atoms with van der Waals surface area (Å²) in [6.45, 7) is 2.18. The summed E-state index contributed by atoms with van der Waals surface area (Å²) < 4.78 is 18.3. The molecule has 20 heavy (non-hydrogen) atoms. The molecule has 0 radical (unpaired) electrons. The van der Waals surface area contributed by atoms with Gasteiger partial charge in [-0.1, -0.05) is 25.1 Å². The van der Waals surface area contributed by atoms with Crippen molar-refractivity contribution in [2.24, 2.45) is 0 Å². The predicted molar refractivity (Wildman–Crippen MR) is 79.4 cm³/mol. The number of aryl methyl sites for hydroxylation is 1. The van der Waals surface area contributed by atoms with Gasteiger partial charge in [0.1, 0.15) is 11.4 Å². The Balaban J connectivity index is 1.67. The molecule has 1 nitrogen and oxygen atoms in total. The predicted octanol–water partition coefficient (Wildman–Crippen LogP) is 5.31. The monoisotopic (exact) mass is 268 g/mol. The zero-order chi connectivity index (χ0) is 13.9. The Hall–Kier alpha value is -2.09. The van der Waals surface area contributed by atoms with Crippen molar-refractivity contribution in [2.45, 2.75) is 25.7 Å². The van der Waals surface area contributed by atoms with Crippen molar-refractivity contribution >= 4 is 11.0 Å². The van der Waals surface area contributed by atoms with Crippen LogP contribution in [0.15, 0.2) is 59.2 Å². The SMILES string of the molecule is CC(CCc1ccc2occc2c1)c1ccc(F)cc1. The number of halogens is 1. The van der Waals surface area contributed by atoms with E-state index in [-0.39, 0.29) is 5.82 Å². The Labute approximate surface area is 118 Å². The highest BCUT2D eigenvalue weighted by molar-refractivity contribution is 5.77. The Bertz CT molecular complexity index is 697. The largest absolute Gasteiger partial charge is 0.464 e. The maximum Gasteiger partial charge on any atom is 0.133 e. The highest BCUT2D eigenvalue weighted by Crippen LogP contribution is 2.23. The number of benzene rings is 2. The van der Waals surface area contributed by atoms with Crippen molar-refractivity contribution in [1.29, 1.82) is 0 Å². The van der Waals surface area contributed by atoms with Gasteiger partial charge in [-0.15, -0.1) is 0 Å². The fraction of sp³-hybridized carbons (Fsp3) is 0.222. The minimum Gasteiger partial charge on any atom is -0.464 e. The van der Waals surface area contributed by atoms with Gasteiger partial charge in [0.15, 0.2) is 0 Å². The maximum absolute atomic E-state index is 12.9. The van der Waals surface area contributed by atoms with Gasteiger partial charge in [-0.3, -0.25) is 0 Å². The van der Waals surface area contributed by atoms with Crippen LogP contribution in [0, 0.1) is 5.82 Å². The molecule has 0 spiro atoms. The third kappa shape index (κ3) is 2.74. The van der Waals surface area contributed by atoms with Crippen molar-refractivity contribution in [3.63, 3.8) is 0 Å². The fourth-order valence-corrected chi connectivity index (χ4v) is 2.51. The smallest absolute Gasteiger partial charge is 0.133 e. The van der Waals surface area contributed by atoms with Crippen LogP contribution in [0.2, 0.25) is 0 Å². The van der Waals surface area contributed by atoms with Crippen LogP contribution in [0.5, 0.6) is 0 Å². The lowest BCUT2D eigenvalue weighted by Gasteiger charge is -2.11. The zero-order valence-corrected chi connectivity index (χ0v) is 11.5. The molecule has 3 aromatic rings. The van der Waals surface area contributed by atoms with Gasteiger partial charge in [-0.25, -0.2) is 4.39 Å². The van der Waals surface area contributed by atoms with Gasteiger partial charge in [0.25, 0.3) is 0 Å². The summed E-state index contributed by atoms with van der Waals surface area (Å²) in [5, 5.41) is 1.15. The number of hydrogen-bond donors (Lipinski definition) is 0. The van der Waals surface area contributed by atoms with E-state index < -0.39 is 0 Å². The molecule has 0 N–H and O–H groups in total. The van der Waals surface area contributed by atoms with Gasteiger partial charge < -0.3 is 4.42 Å². The lowest BCUT2D eigenvalue weighted by Crippen LogP contribution is -1.96. The Morgan fingerprint density at radius 2 is 1.85 bits per heavy atom. The molecule has 0 amide bonds. The van der Waals surface area contributed by atoms with E-state index >= 15 is 0 Å². The lowest BCUT2D eigenvalue weighted by atomic mass is 9.94. The van der Waals surface area contributed by atoms with Crippen LogP contribution in [0.1, 0.15) is 30.4 Å². The molecule has 1 atom stereocenters. The minimum atomic E-state index is -0.175. The molecule has 102 valence electrons. The fourth-order valence-electron chi connectivity index (χ4n) is 2.51. The van der Waals surface area contributed by atoms with Crippen molar-refractivity contribution in [1.82, 2.24) is 0 Å². The first kappa shape index (κ1) is 12.9. The first-order chi connectivity index (χ1) is 9.72. The molecule has 0 aliphatic carbocycles. The third-order valence-electron chi connectivity index (χ3n) is 3.82. The number of hydrogen-bond acceptors (Lipinski definition) is 1. The van der Waals surface area contributed by atoms with Crippen molar-refractivity contribution in [2.75, 3.05) is 0 Å². The highest BCUT2D eigenvalue weighted by Gasteiger charge is 2.07. The van der Waals surface area contributed by atoms with Crippen molar-refractivity contribution in [3.8, 4) is 0 Å². The van der Waals surface area contributed by atoms with E-state index in [9.17, 15) is 4.39 Å². The zero-order valence-electron chi connectivity index (χ0n) is 11.5. The number of fused-ring (bicyclic) bond motifs is 1. The first-order valence-electron chi connectivity index (χ1n) is 6.94. The average molecular weight is 268 g/mol. The number of rotatable bonds is 4. The Morgan fingerprint density at radius 1 is 1.05 bits per heavy atom. The van der Waals surface area contributed by atoms with E-state index in [1.54, 1.807) is 6.26 Å². The van der Waals surface area contributed by atoms with E-state index in [1.165, 1.54) is 23.3 Å². The molecular formula is C18H17FO. The summed E-state index contributed by atoms with van der Waals surface area (Å²) in [4.78, 5) is 0. The van der Waals surface area contributed by atoms with Crippen LogP contribution >= 0.6 is 0 Å². The lowest BCUT2D eigenvalue weighted by molar-refractivity contribution is 0.615. The molecule has 0 saturated carbocycles. The first-order valence-corrected chi connectivity index (χ1v) is 6.94. The number of furan rings is 1. The second-order valence-corrected chi connectivity index (χ2v) is 5.28. The summed E-state index contributed by atoms with van der Waals surface area (Å²) >= 11 is 0. The standard InChI is InChI=1S/C18H17FO/c1-13(15-5-7-17(19)8-6-15)2-3-14-4-9-18-16(12-14)10-11-20-18/h4-13H,2-3H2,1H3. The van der Waals surface area contributed by atoms with Crippen LogP contribution in [0.3, 0.4) is 0 Å². The molecule has 0 bridgehead atoms. The van der Waals surface area contributed by atoms with Crippen LogP contribution in [-0.2, 0) is 6.42 Å². The average Bonchev–Trinajstić information content (AvgIpc) is 2.93. The minimum absolute atomic E-state index is 0.175. The quantitative estimate of drug-likeness (QED) is 0.625. The van der Waals surface area contributed by atoms with Crippen LogP contribution < -0.4 is 0 Å². The van der Waals surface area contributed by atoms with Crippen LogP contribution in [-0.4, -0.2) is 0 Å². The van der Waals surface area contributed by atoms with Gasteiger partial charge in [0.05, 0.1) is 6.26 Å². The summed E-state index contributed by atoms with van der Waals surface area (Å²) in [6.07, 6.45) is 3.78. The normalized spacial score (nSPS) is 12.7. The molecule has 2 heteroatoms. The van der Waals surface area contributed by atoms with Crippen LogP contribution in [0.4, 0.5) is 4.39 Å². The molecule has 1 unspecified atom stereocenters. The van der Waals surface area contributed by atoms with Gasteiger partial charge in [0, 0.05) is 5.39 Å². The molecular weight excluding hydrogens is 251 g/mol. The molecule has 1 aromatic heterocycles. The Morgan fingerprint density at radius 3 is 2.65 bits per heavy atom. The molecule has 0 fully saturated rings. The molecule has 0 aliphatic rings. The van der Waals surface area contributed by atoms with Crippen molar-refractivity contribution in [3.05, 3.63) is 71.7 Å². The molecule has 3 rings (SSSR count). The van der Waals surface area contributed by atoms with Gasteiger partial charge in [-0.05, 0) is 60.2 Å². The molecule has 0 saturated heterocycles. The van der Waals surface area contributed by atoms with Gasteiger partial charge in [0.2, 0.25) is 0 Å².